The van der Waals surface area contributed by atoms with Gasteiger partial charge in [0, 0.05) is 38.5 Å². The Morgan fingerprint density at radius 3 is 1.74 bits per heavy atom. The third-order valence-electron chi connectivity index (χ3n) is 8.45. The van der Waals surface area contributed by atoms with Crippen LogP contribution in [0.25, 0.3) is 65.8 Å². The van der Waals surface area contributed by atoms with E-state index in [-0.39, 0.29) is 0 Å². The Kier molecular flexibility index (Phi) is 5.20. The summed E-state index contributed by atoms with van der Waals surface area (Å²) in [5, 5.41) is 6.71. The lowest BCUT2D eigenvalue weighted by molar-refractivity contribution is 0.663. The van der Waals surface area contributed by atoms with E-state index in [1.807, 2.05) is 24.3 Å². The third kappa shape index (κ3) is 3.62. The maximum Gasteiger partial charge on any atom is 0.160 e. The normalized spacial score (nSPS) is 11.7. The van der Waals surface area contributed by atoms with Crippen molar-refractivity contribution in [1.29, 1.82) is 0 Å². The number of rotatable bonds is 4. The second-order valence-corrected chi connectivity index (χ2v) is 10.9. The molecular weight excluding hydrogens is 526 g/mol. The molecule has 0 saturated heterocycles. The van der Waals surface area contributed by atoms with Gasteiger partial charge in [0.05, 0.1) is 5.69 Å². The molecule has 0 unspecified atom stereocenters. The minimum Gasteiger partial charge on any atom is -0.456 e. The van der Waals surface area contributed by atoms with E-state index in [1.54, 1.807) is 0 Å². The summed E-state index contributed by atoms with van der Waals surface area (Å²) < 4.78 is 13.2. The highest BCUT2D eigenvalue weighted by atomic mass is 16.3. The lowest BCUT2D eigenvalue weighted by Gasteiger charge is -2.28. The first-order valence-electron chi connectivity index (χ1n) is 14.5. The van der Waals surface area contributed by atoms with E-state index in [0.29, 0.717) is 0 Å². The second-order valence-electron chi connectivity index (χ2n) is 10.9. The first-order valence-corrected chi connectivity index (χ1v) is 14.5. The molecule has 3 nitrogen and oxygen atoms in total. The minimum absolute atomic E-state index is 0.839. The molecule has 0 atom stereocenters. The monoisotopic (exact) mass is 551 g/mol. The van der Waals surface area contributed by atoms with Gasteiger partial charge in [-0.3, -0.25) is 0 Å². The largest absolute Gasteiger partial charge is 0.456 e. The summed E-state index contributed by atoms with van der Waals surface area (Å²) in [7, 11) is 0. The first-order chi connectivity index (χ1) is 21.3. The molecule has 0 aliphatic heterocycles. The van der Waals surface area contributed by atoms with Crippen LogP contribution in [0.15, 0.2) is 160 Å². The maximum atomic E-state index is 6.92. The van der Waals surface area contributed by atoms with Gasteiger partial charge in [0.2, 0.25) is 0 Å². The topological polar surface area (TPSA) is 29.5 Å². The van der Waals surface area contributed by atoms with Crippen molar-refractivity contribution in [2.45, 2.75) is 0 Å². The Morgan fingerprint density at radius 1 is 0.372 bits per heavy atom. The molecule has 9 rings (SSSR count). The highest BCUT2D eigenvalue weighted by molar-refractivity contribution is 6.27. The molecule has 9 aromatic rings. The Hall–Kier alpha value is -5.80. The standard InChI is InChI=1S/C40H25NO2/c1-3-14-27(15-4-1)41(28-16-5-2-6-17-28)39-31(30-20-11-13-26-12-7-8-18-29(26)30)22-23-33-38-36(43-40(33)39)25-24-35-37(38)32-19-9-10-21-34(32)42-35/h1-25H. The quantitative estimate of drug-likeness (QED) is 0.218. The Balaban J connectivity index is 1.47. The van der Waals surface area contributed by atoms with Crippen LogP contribution in [-0.2, 0) is 0 Å². The molecule has 0 fully saturated rings. The number of anilines is 3. The number of benzene rings is 7. The van der Waals surface area contributed by atoms with Crippen molar-refractivity contribution >= 4 is 71.7 Å². The Bertz CT molecular complexity index is 2410. The van der Waals surface area contributed by atoms with Crippen molar-refractivity contribution in [1.82, 2.24) is 0 Å². The van der Waals surface area contributed by atoms with Crippen LogP contribution in [0.4, 0.5) is 17.1 Å². The fourth-order valence-corrected chi connectivity index (χ4v) is 6.59. The van der Waals surface area contributed by atoms with E-state index in [0.717, 1.165) is 72.1 Å². The molecule has 0 radical (unpaired) electrons. The Labute approximate surface area is 247 Å². The molecule has 0 bridgehead atoms. The molecule has 0 saturated carbocycles. The lowest BCUT2D eigenvalue weighted by atomic mass is 9.94. The van der Waals surface area contributed by atoms with Crippen molar-refractivity contribution in [2.24, 2.45) is 0 Å². The predicted molar refractivity (Wildman–Crippen MR) is 179 cm³/mol. The average molecular weight is 552 g/mol. The number of fused-ring (bicyclic) bond motifs is 8. The van der Waals surface area contributed by atoms with Crippen LogP contribution in [0.3, 0.4) is 0 Å². The summed E-state index contributed by atoms with van der Waals surface area (Å²) in [5.74, 6) is 0. The van der Waals surface area contributed by atoms with Gasteiger partial charge in [-0.1, -0.05) is 103 Å². The molecule has 7 aromatic carbocycles. The fraction of sp³-hybridized carbons (Fsp3) is 0. The molecule has 0 aliphatic rings. The zero-order valence-corrected chi connectivity index (χ0v) is 23.2. The summed E-state index contributed by atoms with van der Waals surface area (Å²) in [6.45, 7) is 0. The van der Waals surface area contributed by atoms with E-state index < -0.39 is 0 Å². The molecule has 0 N–H and O–H groups in total. The number of para-hydroxylation sites is 3. The molecule has 0 spiro atoms. The van der Waals surface area contributed by atoms with Crippen LogP contribution in [0.1, 0.15) is 0 Å². The van der Waals surface area contributed by atoms with Gasteiger partial charge in [0.25, 0.3) is 0 Å². The summed E-state index contributed by atoms with van der Waals surface area (Å²) in [5.41, 5.74) is 8.79. The molecular formula is C40H25NO2. The molecule has 0 amide bonds. The number of hydrogen-bond donors (Lipinski definition) is 0. The van der Waals surface area contributed by atoms with Crippen LogP contribution in [0.2, 0.25) is 0 Å². The van der Waals surface area contributed by atoms with Crippen molar-refractivity contribution < 1.29 is 8.83 Å². The van der Waals surface area contributed by atoms with E-state index in [1.165, 1.54) is 10.8 Å². The molecule has 2 aromatic heterocycles. The van der Waals surface area contributed by atoms with Gasteiger partial charge in [-0.25, -0.2) is 0 Å². The van der Waals surface area contributed by atoms with Crippen LogP contribution in [0.5, 0.6) is 0 Å². The van der Waals surface area contributed by atoms with Crippen molar-refractivity contribution in [3.63, 3.8) is 0 Å². The van der Waals surface area contributed by atoms with E-state index in [9.17, 15) is 0 Å². The molecule has 0 aliphatic carbocycles. The summed E-state index contributed by atoms with van der Waals surface area (Å²) in [6, 6.07) is 53.0. The fourth-order valence-electron chi connectivity index (χ4n) is 6.59. The van der Waals surface area contributed by atoms with Gasteiger partial charge in [-0.15, -0.1) is 0 Å². The van der Waals surface area contributed by atoms with Gasteiger partial charge in [-0.2, -0.15) is 0 Å². The predicted octanol–water partition coefficient (Wildman–Crippen LogP) is 11.8. The van der Waals surface area contributed by atoms with Gasteiger partial charge in [0.1, 0.15) is 16.7 Å². The minimum atomic E-state index is 0.839. The molecule has 2 heterocycles. The van der Waals surface area contributed by atoms with E-state index in [4.69, 9.17) is 8.83 Å². The maximum absolute atomic E-state index is 6.92. The molecule has 43 heavy (non-hydrogen) atoms. The van der Waals surface area contributed by atoms with Gasteiger partial charge < -0.3 is 13.7 Å². The van der Waals surface area contributed by atoms with Gasteiger partial charge in [-0.05, 0) is 64.9 Å². The Morgan fingerprint density at radius 2 is 0.977 bits per heavy atom. The van der Waals surface area contributed by atoms with E-state index >= 15 is 0 Å². The third-order valence-corrected chi connectivity index (χ3v) is 8.45. The summed E-state index contributed by atoms with van der Waals surface area (Å²) in [4.78, 5) is 2.33. The zero-order valence-electron chi connectivity index (χ0n) is 23.2. The number of hydrogen-bond acceptors (Lipinski definition) is 3. The average Bonchev–Trinajstić information content (AvgIpc) is 3.64. The van der Waals surface area contributed by atoms with Gasteiger partial charge >= 0.3 is 0 Å². The van der Waals surface area contributed by atoms with Gasteiger partial charge in [0.15, 0.2) is 5.58 Å². The smallest absolute Gasteiger partial charge is 0.160 e. The lowest BCUT2D eigenvalue weighted by Crippen LogP contribution is -2.11. The highest BCUT2D eigenvalue weighted by Gasteiger charge is 2.26. The van der Waals surface area contributed by atoms with Crippen molar-refractivity contribution in [3.8, 4) is 11.1 Å². The molecule has 202 valence electrons. The van der Waals surface area contributed by atoms with Crippen LogP contribution >= 0.6 is 0 Å². The van der Waals surface area contributed by atoms with Crippen LogP contribution in [0, 0.1) is 0 Å². The van der Waals surface area contributed by atoms with Crippen LogP contribution in [-0.4, -0.2) is 0 Å². The first kappa shape index (κ1) is 23.9. The molecule has 3 heteroatoms. The van der Waals surface area contributed by atoms with Crippen LogP contribution < -0.4 is 4.90 Å². The number of furan rings is 2. The second kappa shape index (κ2) is 9.37. The zero-order chi connectivity index (χ0) is 28.3. The number of nitrogens with zero attached hydrogens (tertiary/aromatic N) is 1. The van der Waals surface area contributed by atoms with E-state index in [2.05, 4.69) is 132 Å². The highest BCUT2D eigenvalue weighted by Crippen LogP contribution is 2.50. The summed E-state index contributed by atoms with van der Waals surface area (Å²) in [6.07, 6.45) is 0. The van der Waals surface area contributed by atoms with Crippen molar-refractivity contribution in [2.75, 3.05) is 4.90 Å². The van der Waals surface area contributed by atoms with Crippen molar-refractivity contribution in [3.05, 3.63) is 152 Å². The summed E-state index contributed by atoms with van der Waals surface area (Å²) >= 11 is 0. The SMILES string of the molecule is c1ccc(N(c2ccccc2)c2c(-c3cccc4ccccc34)ccc3c2oc2ccc4oc5ccccc5c4c23)cc1.